The minimum absolute atomic E-state index is 0.00266. The van der Waals surface area contributed by atoms with Gasteiger partial charge in [0.25, 0.3) is 0 Å². The first kappa shape index (κ1) is 10.4. The fourth-order valence-corrected chi connectivity index (χ4v) is 1.43. The first-order valence-electron chi connectivity index (χ1n) is 4.36. The summed E-state index contributed by atoms with van der Waals surface area (Å²) < 4.78 is 10.5. The van der Waals surface area contributed by atoms with Gasteiger partial charge in [-0.1, -0.05) is 0 Å². The first-order chi connectivity index (χ1) is 6.09. The smallest absolute Gasteiger partial charge is 0.243 e. The zero-order chi connectivity index (χ0) is 9.84. The quantitative estimate of drug-likeness (QED) is 0.592. The van der Waals surface area contributed by atoms with Crippen molar-refractivity contribution in [2.75, 3.05) is 13.2 Å². The summed E-state index contributed by atoms with van der Waals surface area (Å²) in [6, 6.07) is 0.00266. The lowest BCUT2D eigenvalue weighted by Gasteiger charge is -2.14. The van der Waals surface area contributed by atoms with Crippen LogP contribution in [0.5, 0.6) is 0 Å². The Hall–Kier alpha value is -0.650. The Morgan fingerprint density at radius 1 is 1.69 bits per heavy atom. The molecule has 3 atom stereocenters. The van der Waals surface area contributed by atoms with E-state index in [9.17, 15) is 4.79 Å². The summed E-state index contributed by atoms with van der Waals surface area (Å²) in [4.78, 5) is 10.3. The number of carbonyl (C=O) groups is 1. The summed E-state index contributed by atoms with van der Waals surface area (Å²) in [5.41, 5.74) is 10.7. The van der Waals surface area contributed by atoms with Crippen molar-refractivity contribution in [1.29, 1.82) is 0 Å². The Morgan fingerprint density at radius 2 is 2.38 bits per heavy atom. The predicted molar refractivity (Wildman–Crippen MR) is 46.9 cm³/mol. The maximum Gasteiger partial charge on any atom is 0.243 e. The molecule has 76 valence electrons. The molecule has 4 N–H and O–H groups in total. The standard InChI is InChI=1S/C8H16N2O3/c1-5-2-6(9)7(13-5)3-12-4-8(10)11/h5-7H,2-4,9H2,1H3,(H2,10,11)/t5?,6-,7-/m1/s1. The van der Waals surface area contributed by atoms with Crippen LogP contribution in [0.3, 0.4) is 0 Å². The summed E-state index contributed by atoms with van der Waals surface area (Å²) in [7, 11) is 0. The van der Waals surface area contributed by atoms with Crippen molar-refractivity contribution in [3.8, 4) is 0 Å². The minimum Gasteiger partial charge on any atom is -0.371 e. The van der Waals surface area contributed by atoms with Crippen LogP contribution in [-0.2, 0) is 14.3 Å². The highest BCUT2D eigenvalue weighted by Crippen LogP contribution is 2.18. The molecule has 1 fully saturated rings. The van der Waals surface area contributed by atoms with E-state index in [2.05, 4.69) is 0 Å². The molecule has 5 nitrogen and oxygen atoms in total. The Morgan fingerprint density at radius 3 is 2.85 bits per heavy atom. The number of nitrogens with two attached hydrogens (primary N) is 2. The molecular weight excluding hydrogens is 172 g/mol. The van der Waals surface area contributed by atoms with Crippen molar-refractivity contribution >= 4 is 5.91 Å². The van der Waals surface area contributed by atoms with E-state index in [1.807, 2.05) is 6.92 Å². The van der Waals surface area contributed by atoms with E-state index in [1.165, 1.54) is 0 Å². The van der Waals surface area contributed by atoms with Gasteiger partial charge in [-0.3, -0.25) is 4.79 Å². The van der Waals surface area contributed by atoms with Crippen molar-refractivity contribution in [2.45, 2.75) is 31.6 Å². The normalized spacial score (nSPS) is 33.5. The van der Waals surface area contributed by atoms with Gasteiger partial charge in [-0.15, -0.1) is 0 Å². The number of rotatable bonds is 4. The summed E-state index contributed by atoms with van der Waals surface area (Å²) in [5.74, 6) is -0.473. The largest absolute Gasteiger partial charge is 0.371 e. The van der Waals surface area contributed by atoms with Gasteiger partial charge < -0.3 is 20.9 Å². The van der Waals surface area contributed by atoms with Crippen LogP contribution in [0.25, 0.3) is 0 Å². The SMILES string of the molecule is CC1C[C@@H](N)[C@@H](COCC(N)=O)O1. The van der Waals surface area contributed by atoms with Gasteiger partial charge in [0.1, 0.15) is 6.61 Å². The summed E-state index contributed by atoms with van der Waals surface area (Å²) in [6.45, 7) is 2.24. The molecule has 0 bridgehead atoms. The van der Waals surface area contributed by atoms with Gasteiger partial charge in [0.2, 0.25) is 5.91 Å². The highest BCUT2D eigenvalue weighted by Gasteiger charge is 2.29. The molecule has 0 radical (unpaired) electrons. The Balaban J connectivity index is 2.18. The van der Waals surface area contributed by atoms with Gasteiger partial charge in [0.15, 0.2) is 0 Å². The third-order valence-corrected chi connectivity index (χ3v) is 2.02. The molecule has 13 heavy (non-hydrogen) atoms. The molecule has 0 saturated carbocycles. The van der Waals surface area contributed by atoms with Gasteiger partial charge in [0.05, 0.1) is 18.8 Å². The van der Waals surface area contributed by atoms with Crippen molar-refractivity contribution < 1.29 is 14.3 Å². The van der Waals surface area contributed by atoms with Crippen LogP contribution in [0.2, 0.25) is 0 Å². The fourth-order valence-electron chi connectivity index (χ4n) is 1.43. The van der Waals surface area contributed by atoms with Crippen molar-refractivity contribution in [1.82, 2.24) is 0 Å². The molecule has 1 saturated heterocycles. The van der Waals surface area contributed by atoms with E-state index < -0.39 is 5.91 Å². The average molecular weight is 188 g/mol. The van der Waals surface area contributed by atoms with Gasteiger partial charge >= 0.3 is 0 Å². The number of ether oxygens (including phenoxy) is 2. The Labute approximate surface area is 77.4 Å². The van der Waals surface area contributed by atoms with Crippen LogP contribution in [0.4, 0.5) is 0 Å². The molecule has 5 heteroatoms. The van der Waals surface area contributed by atoms with Crippen molar-refractivity contribution in [3.63, 3.8) is 0 Å². The molecule has 1 unspecified atom stereocenters. The maximum absolute atomic E-state index is 10.3. The number of primary amides is 1. The lowest BCUT2D eigenvalue weighted by atomic mass is 10.1. The summed E-state index contributed by atoms with van der Waals surface area (Å²) in [6.07, 6.45) is 0.913. The molecule has 0 spiro atoms. The average Bonchev–Trinajstić information content (AvgIpc) is 2.29. The number of amides is 1. The highest BCUT2D eigenvalue weighted by molar-refractivity contribution is 5.74. The number of hydrogen-bond acceptors (Lipinski definition) is 4. The molecule has 1 heterocycles. The lowest BCUT2D eigenvalue weighted by molar-refractivity contribution is -0.124. The van der Waals surface area contributed by atoms with E-state index >= 15 is 0 Å². The Kier molecular flexibility index (Phi) is 3.65. The molecule has 1 aliphatic heterocycles. The molecule has 1 rings (SSSR count). The molecule has 0 aromatic carbocycles. The predicted octanol–water partition coefficient (Wildman–Crippen LogP) is -1.01. The van der Waals surface area contributed by atoms with Crippen LogP contribution < -0.4 is 11.5 Å². The van der Waals surface area contributed by atoms with Gasteiger partial charge in [0, 0.05) is 6.04 Å². The van der Waals surface area contributed by atoms with Crippen LogP contribution in [0.1, 0.15) is 13.3 Å². The summed E-state index contributed by atoms with van der Waals surface area (Å²) >= 11 is 0. The van der Waals surface area contributed by atoms with Crippen molar-refractivity contribution in [3.05, 3.63) is 0 Å². The van der Waals surface area contributed by atoms with Gasteiger partial charge in [-0.2, -0.15) is 0 Å². The molecule has 0 aliphatic carbocycles. The van der Waals surface area contributed by atoms with Crippen LogP contribution in [0, 0.1) is 0 Å². The highest BCUT2D eigenvalue weighted by atomic mass is 16.5. The zero-order valence-electron chi connectivity index (χ0n) is 7.73. The first-order valence-corrected chi connectivity index (χ1v) is 4.36. The molecule has 0 aromatic heterocycles. The number of hydrogen-bond donors (Lipinski definition) is 2. The fraction of sp³-hybridized carbons (Fsp3) is 0.875. The van der Waals surface area contributed by atoms with E-state index in [0.717, 1.165) is 6.42 Å². The monoisotopic (exact) mass is 188 g/mol. The molecule has 0 aromatic rings. The van der Waals surface area contributed by atoms with E-state index in [-0.39, 0.29) is 24.9 Å². The third-order valence-electron chi connectivity index (χ3n) is 2.02. The van der Waals surface area contributed by atoms with Crippen molar-refractivity contribution in [2.24, 2.45) is 11.5 Å². The van der Waals surface area contributed by atoms with Gasteiger partial charge in [-0.05, 0) is 13.3 Å². The number of carbonyl (C=O) groups excluding carboxylic acids is 1. The second-order valence-corrected chi connectivity index (χ2v) is 3.37. The minimum atomic E-state index is -0.473. The Bertz CT molecular complexity index is 186. The van der Waals surface area contributed by atoms with E-state index in [4.69, 9.17) is 20.9 Å². The van der Waals surface area contributed by atoms with E-state index in [1.54, 1.807) is 0 Å². The van der Waals surface area contributed by atoms with Gasteiger partial charge in [-0.25, -0.2) is 0 Å². The van der Waals surface area contributed by atoms with Crippen LogP contribution in [-0.4, -0.2) is 37.4 Å². The topological polar surface area (TPSA) is 87.6 Å². The third kappa shape index (κ3) is 3.30. The molecule has 1 aliphatic rings. The molecular formula is C8H16N2O3. The zero-order valence-corrected chi connectivity index (χ0v) is 7.73. The second-order valence-electron chi connectivity index (χ2n) is 3.37. The summed E-state index contributed by atoms with van der Waals surface area (Å²) in [5, 5.41) is 0. The van der Waals surface area contributed by atoms with Crippen LogP contribution >= 0.6 is 0 Å². The maximum atomic E-state index is 10.3. The van der Waals surface area contributed by atoms with Crippen LogP contribution in [0.15, 0.2) is 0 Å². The lowest BCUT2D eigenvalue weighted by Crippen LogP contribution is -2.35. The molecule has 1 amide bonds. The second kappa shape index (κ2) is 4.55. The van der Waals surface area contributed by atoms with E-state index in [0.29, 0.717) is 6.61 Å².